The monoisotopic (exact) mass is 268 g/mol. The zero-order valence-electron chi connectivity index (χ0n) is 7.52. The predicted octanol–water partition coefficient (Wildman–Crippen LogP) is 2.59. The molecule has 0 aliphatic heterocycles. The van der Waals surface area contributed by atoms with Gasteiger partial charge in [-0.3, -0.25) is 4.79 Å². The van der Waals surface area contributed by atoms with Gasteiger partial charge in [-0.05, 0) is 28.1 Å². The standard InChI is InChI=1S/C10H6BrFN2O/c11-8-2-1-3-9(12)10(8)14-5-7(6-15)4-13-14/h1-6H. The molecule has 0 saturated carbocycles. The summed E-state index contributed by atoms with van der Waals surface area (Å²) in [5.74, 6) is -0.398. The van der Waals surface area contributed by atoms with Crippen LogP contribution in [0.1, 0.15) is 10.4 Å². The van der Waals surface area contributed by atoms with E-state index in [1.54, 1.807) is 12.1 Å². The molecule has 2 aromatic rings. The summed E-state index contributed by atoms with van der Waals surface area (Å²) in [6.45, 7) is 0. The first-order chi connectivity index (χ1) is 7.22. The van der Waals surface area contributed by atoms with Gasteiger partial charge in [0.1, 0.15) is 11.5 Å². The van der Waals surface area contributed by atoms with Gasteiger partial charge in [0.05, 0.1) is 11.8 Å². The van der Waals surface area contributed by atoms with Gasteiger partial charge in [0.25, 0.3) is 0 Å². The van der Waals surface area contributed by atoms with Gasteiger partial charge in [-0.1, -0.05) is 6.07 Å². The number of nitrogens with zero attached hydrogens (tertiary/aromatic N) is 2. The van der Waals surface area contributed by atoms with Gasteiger partial charge in [-0.2, -0.15) is 5.10 Å². The predicted molar refractivity (Wildman–Crippen MR) is 56.6 cm³/mol. The molecule has 0 atom stereocenters. The SMILES string of the molecule is O=Cc1cnn(-c2c(F)cccc2Br)c1. The van der Waals surface area contributed by atoms with E-state index in [1.807, 2.05) is 0 Å². The molecule has 2 rings (SSSR count). The van der Waals surface area contributed by atoms with Crippen molar-refractivity contribution in [1.29, 1.82) is 0 Å². The number of para-hydroxylation sites is 1. The summed E-state index contributed by atoms with van der Waals surface area (Å²) in [4.78, 5) is 10.5. The highest BCUT2D eigenvalue weighted by atomic mass is 79.9. The number of aldehydes is 1. The summed E-state index contributed by atoms with van der Waals surface area (Å²) in [6, 6.07) is 4.64. The van der Waals surface area contributed by atoms with E-state index in [1.165, 1.54) is 23.1 Å². The fourth-order valence-electron chi connectivity index (χ4n) is 1.23. The zero-order valence-corrected chi connectivity index (χ0v) is 9.11. The second kappa shape index (κ2) is 3.94. The number of halogens is 2. The Kier molecular flexibility index (Phi) is 2.64. The van der Waals surface area contributed by atoms with Crippen LogP contribution in [0.5, 0.6) is 0 Å². The first kappa shape index (κ1) is 10.0. The topological polar surface area (TPSA) is 34.9 Å². The summed E-state index contributed by atoms with van der Waals surface area (Å²) >= 11 is 3.23. The summed E-state index contributed by atoms with van der Waals surface area (Å²) in [5, 5.41) is 3.89. The van der Waals surface area contributed by atoms with E-state index < -0.39 is 5.82 Å². The average molecular weight is 269 g/mol. The highest BCUT2D eigenvalue weighted by molar-refractivity contribution is 9.10. The van der Waals surface area contributed by atoms with Crippen molar-refractivity contribution >= 4 is 22.2 Å². The molecule has 0 aliphatic rings. The van der Waals surface area contributed by atoms with Crippen LogP contribution >= 0.6 is 15.9 Å². The minimum Gasteiger partial charge on any atom is -0.298 e. The second-order valence-electron chi connectivity index (χ2n) is 2.91. The van der Waals surface area contributed by atoms with Crippen LogP contribution in [0.4, 0.5) is 4.39 Å². The van der Waals surface area contributed by atoms with Gasteiger partial charge in [0, 0.05) is 10.7 Å². The maximum absolute atomic E-state index is 13.5. The Morgan fingerprint density at radius 1 is 1.47 bits per heavy atom. The lowest BCUT2D eigenvalue weighted by Crippen LogP contribution is -1.99. The van der Waals surface area contributed by atoms with E-state index in [2.05, 4.69) is 21.0 Å². The van der Waals surface area contributed by atoms with Gasteiger partial charge >= 0.3 is 0 Å². The molecule has 0 N–H and O–H groups in total. The lowest BCUT2D eigenvalue weighted by Gasteiger charge is -2.04. The minimum atomic E-state index is -0.398. The Morgan fingerprint density at radius 3 is 2.87 bits per heavy atom. The quantitative estimate of drug-likeness (QED) is 0.785. The Bertz CT molecular complexity index is 490. The third-order valence-electron chi connectivity index (χ3n) is 1.91. The normalized spacial score (nSPS) is 10.3. The fraction of sp³-hybridized carbons (Fsp3) is 0. The van der Waals surface area contributed by atoms with E-state index >= 15 is 0 Å². The number of rotatable bonds is 2. The van der Waals surface area contributed by atoms with Crippen molar-refractivity contribution in [3.63, 3.8) is 0 Å². The van der Waals surface area contributed by atoms with Crippen LogP contribution in [-0.4, -0.2) is 16.1 Å². The largest absolute Gasteiger partial charge is 0.298 e. The van der Waals surface area contributed by atoms with Crippen LogP contribution in [0.2, 0.25) is 0 Å². The molecule has 5 heteroatoms. The minimum absolute atomic E-state index is 0.297. The Hall–Kier alpha value is -1.49. The van der Waals surface area contributed by atoms with Crippen LogP contribution in [0.3, 0.4) is 0 Å². The van der Waals surface area contributed by atoms with Crippen LogP contribution < -0.4 is 0 Å². The summed E-state index contributed by atoms with van der Waals surface area (Å²) in [7, 11) is 0. The fourth-order valence-corrected chi connectivity index (χ4v) is 1.75. The lowest BCUT2D eigenvalue weighted by molar-refractivity contribution is 0.112. The van der Waals surface area contributed by atoms with Gasteiger partial charge in [-0.25, -0.2) is 9.07 Å². The smallest absolute Gasteiger partial charge is 0.153 e. The van der Waals surface area contributed by atoms with E-state index in [0.717, 1.165) is 0 Å². The summed E-state index contributed by atoms with van der Waals surface area (Å²) < 4.78 is 15.4. The Morgan fingerprint density at radius 2 is 2.27 bits per heavy atom. The van der Waals surface area contributed by atoms with E-state index in [-0.39, 0.29) is 0 Å². The van der Waals surface area contributed by atoms with Crippen LogP contribution in [0, 0.1) is 5.82 Å². The molecule has 1 aromatic carbocycles. The molecule has 0 unspecified atom stereocenters. The Labute approximate surface area is 93.7 Å². The molecule has 0 radical (unpaired) electrons. The summed E-state index contributed by atoms with van der Waals surface area (Å²) in [5.41, 5.74) is 0.704. The van der Waals surface area contributed by atoms with Gasteiger partial charge in [-0.15, -0.1) is 0 Å². The first-order valence-corrected chi connectivity index (χ1v) is 4.96. The molecule has 1 heterocycles. The number of hydrogen-bond acceptors (Lipinski definition) is 2. The molecule has 0 amide bonds. The van der Waals surface area contributed by atoms with E-state index in [0.29, 0.717) is 22.0 Å². The zero-order chi connectivity index (χ0) is 10.8. The molecule has 15 heavy (non-hydrogen) atoms. The van der Waals surface area contributed by atoms with Crippen molar-refractivity contribution in [3.8, 4) is 5.69 Å². The molecule has 76 valence electrons. The van der Waals surface area contributed by atoms with Crippen molar-refractivity contribution in [3.05, 3.63) is 46.4 Å². The van der Waals surface area contributed by atoms with Gasteiger partial charge < -0.3 is 0 Å². The number of benzene rings is 1. The molecule has 3 nitrogen and oxygen atoms in total. The third kappa shape index (κ3) is 1.83. The number of hydrogen-bond donors (Lipinski definition) is 0. The maximum atomic E-state index is 13.5. The molecule has 1 aromatic heterocycles. The molecular formula is C10H6BrFN2O. The summed E-state index contributed by atoms with van der Waals surface area (Å²) in [6.07, 6.45) is 3.51. The molecule has 0 fully saturated rings. The third-order valence-corrected chi connectivity index (χ3v) is 2.55. The molecular weight excluding hydrogens is 263 g/mol. The maximum Gasteiger partial charge on any atom is 0.153 e. The highest BCUT2D eigenvalue weighted by Gasteiger charge is 2.09. The second-order valence-corrected chi connectivity index (χ2v) is 3.76. The molecule has 0 saturated heterocycles. The molecule has 0 spiro atoms. The van der Waals surface area contributed by atoms with Gasteiger partial charge in [0.2, 0.25) is 0 Å². The van der Waals surface area contributed by atoms with Crippen LogP contribution in [0.25, 0.3) is 5.69 Å². The van der Waals surface area contributed by atoms with Crippen molar-refractivity contribution in [2.45, 2.75) is 0 Å². The van der Waals surface area contributed by atoms with Gasteiger partial charge in [0.15, 0.2) is 6.29 Å². The molecule has 0 bridgehead atoms. The van der Waals surface area contributed by atoms with Crippen molar-refractivity contribution in [2.24, 2.45) is 0 Å². The Balaban J connectivity index is 2.58. The van der Waals surface area contributed by atoms with Crippen molar-refractivity contribution in [1.82, 2.24) is 9.78 Å². The van der Waals surface area contributed by atoms with E-state index in [4.69, 9.17) is 0 Å². The van der Waals surface area contributed by atoms with Crippen LogP contribution in [0.15, 0.2) is 35.1 Å². The first-order valence-electron chi connectivity index (χ1n) is 4.16. The van der Waals surface area contributed by atoms with Crippen molar-refractivity contribution in [2.75, 3.05) is 0 Å². The van der Waals surface area contributed by atoms with Crippen LogP contribution in [-0.2, 0) is 0 Å². The number of aromatic nitrogens is 2. The van der Waals surface area contributed by atoms with Crippen molar-refractivity contribution < 1.29 is 9.18 Å². The lowest BCUT2D eigenvalue weighted by atomic mass is 10.3. The van der Waals surface area contributed by atoms with E-state index in [9.17, 15) is 9.18 Å². The average Bonchev–Trinajstić information content (AvgIpc) is 2.66. The highest BCUT2D eigenvalue weighted by Crippen LogP contribution is 2.23. The number of carbonyl (C=O) groups is 1. The number of carbonyl (C=O) groups excluding carboxylic acids is 1. The molecule has 0 aliphatic carbocycles.